The number of carboxylic acid groups (broad SMARTS) is 1. The summed E-state index contributed by atoms with van der Waals surface area (Å²) in [4.78, 5) is 10.7. The van der Waals surface area contributed by atoms with E-state index in [2.05, 4.69) is 10.5 Å². The Labute approximate surface area is 104 Å². The number of aryl methyl sites for hydroxylation is 1. The van der Waals surface area contributed by atoms with Gasteiger partial charge in [-0.25, -0.2) is 4.79 Å². The van der Waals surface area contributed by atoms with Gasteiger partial charge < -0.3 is 9.67 Å². The summed E-state index contributed by atoms with van der Waals surface area (Å²) in [5.74, 6) is -0.936. The van der Waals surface area contributed by atoms with Crippen LogP contribution in [0.1, 0.15) is 16.1 Å². The van der Waals surface area contributed by atoms with Crippen LogP contribution >= 0.6 is 0 Å². The number of aromatic nitrogens is 1. The van der Waals surface area contributed by atoms with Crippen LogP contribution in [0.15, 0.2) is 47.7 Å². The minimum Gasteiger partial charge on any atom is -0.478 e. The molecule has 2 rings (SSSR count). The third-order valence-corrected chi connectivity index (χ3v) is 2.51. The van der Waals surface area contributed by atoms with E-state index in [0.717, 1.165) is 11.4 Å². The molecule has 5 heteroatoms. The van der Waals surface area contributed by atoms with E-state index >= 15 is 0 Å². The second kappa shape index (κ2) is 5.18. The lowest BCUT2D eigenvalue weighted by molar-refractivity contribution is 0.0697. The summed E-state index contributed by atoms with van der Waals surface area (Å²) in [6.07, 6.45) is 3.63. The highest BCUT2D eigenvalue weighted by Gasteiger charge is 2.00. The molecular weight excluding hydrogens is 230 g/mol. The van der Waals surface area contributed by atoms with E-state index in [1.807, 2.05) is 29.9 Å². The molecule has 0 atom stereocenters. The minimum absolute atomic E-state index is 0.256. The molecule has 0 saturated carbocycles. The van der Waals surface area contributed by atoms with Gasteiger partial charge in [-0.1, -0.05) is 0 Å². The fraction of sp³-hybridized carbons (Fsp3) is 0.0769. The molecule has 0 bridgehead atoms. The molecule has 1 aromatic heterocycles. The van der Waals surface area contributed by atoms with Crippen molar-refractivity contribution in [3.8, 4) is 0 Å². The van der Waals surface area contributed by atoms with Gasteiger partial charge in [0, 0.05) is 13.2 Å². The molecule has 0 saturated heterocycles. The van der Waals surface area contributed by atoms with Crippen molar-refractivity contribution in [1.82, 2.24) is 4.57 Å². The van der Waals surface area contributed by atoms with E-state index < -0.39 is 5.97 Å². The molecule has 18 heavy (non-hydrogen) atoms. The molecule has 0 radical (unpaired) electrons. The maximum Gasteiger partial charge on any atom is 0.335 e. The zero-order valence-electron chi connectivity index (χ0n) is 9.87. The van der Waals surface area contributed by atoms with Crippen molar-refractivity contribution in [2.24, 2.45) is 12.1 Å². The maximum atomic E-state index is 10.7. The van der Waals surface area contributed by atoms with E-state index in [4.69, 9.17) is 5.11 Å². The van der Waals surface area contributed by atoms with Crippen molar-refractivity contribution in [2.75, 3.05) is 5.43 Å². The number of aromatic carboxylic acids is 1. The fourth-order valence-corrected chi connectivity index (χ4v) is 1.47. The molecule has 92 valence electrons. The number of carboxylic acids is 1. The van der Waals surface area contributed by atoms with E-state index in [9.17, 15) is 4.79 Å². The molecule has 1 heterocycles. The first kappa shape index (κ1) is 11.9. The summed E-state index contributed by atoms with van der Waals surface area (Å²) < 4.78 is 1.94. The van der Waals surface area contributed by atoms with Gasteiger partial charge in [-0.05, 0) is 36.4 Å². The molecule has 0 unspecified atom stereocenters. The third-order valence-electron chi connectivity index (χ3n) is 2.51. The smallest absolute Gasteiger partial charge is 0.335 e. The minimum atomic E-state index is -0.936. The number of nitrogens with zero attached hydrogens (tertiary/aromatic N) is 2. The number of carbonyl (C=O) groups is 1. The van der Waals surface area contributed by atoms with Crippen molar-refractivity contribution >= 4 is 17.9 Å². The lowest BCUT2D eigenvalue weighted by atomic mass is 10.2. The molecule has 0 aliphatic rings. The lowest BCUT2D eigenvalue weighted by Gasteiger charge is -2.01. The predicted molar refractivity (Wildman–Crippen MR) is 70.0 cm³/mol. The summed E-state index contributed by atoms with van der Waals surface area (Å²) in [7, 11) is 1.93. The summed E-state index contributed by atoms with van der Waals surface area (Å²) in [5, 5.41) is 12.8. The van der Waals surface area contributed by atoms with Crippen LogP contribution < -0.4 is 5.43 Å². The standard InChI is InChI=1S/C13H13N3O2/c1-16-8-2-3-12(16)9-14-15-11-6-4-10(5-7-11)13(17)18/h2-9,15H,1H3,(H,17,18). The average molecular weight is 243 g/mol. The van der Waals surface area contributed by atoms with Crippen LogP contribution in [0.25, 0.3) is 0 Å². The van der Waals surface area contributed by atoms with Crippen LogP contribution in [-0.2, 0) is 7.05 Å². The summed E-state index contributed by atoms with van der Waals surface area (Å²) >= 11 is 0. The monoisotopic (exact) mass is 243 g/mol. The highest BCUT2D eigenvalue weighted by atomic mass is 16.4. The Morgan fingerprint density at radius 1 is 1.33 bits per heavy atom. The van der Waals surface area contributed by atoms with Crippen LogP contribution in [0.2, 0.25) is 0 Å². The Morgan fingerprint density at radius 3 is 2.61 bits per heavy atom. The number of hydrazone groups is 1. The van der Waals surface area contributed by atoms with Crippen LogP contribution in [-0.4, -0.2) is 21.9 Å². The fourth-order valence-electron chi connectivity index (χ4n) is 1.47. The van der Waals surface area contributed by atoms with Crippen LogP contribution in [0, 0.1) is 0 Å². The first-order chi connectivity index (χ1) is 8.66. The number of nitrogens with one attached hydrogen (secondary N) is 1. The van der Waals surface area contributed by atoms with Gasteiger partial charge in [0.15, 0.2) is 0 Å². The van der Waals surface area contributed by atoms with Gasteiger partial charge in [0.2, 0.25) is 0 Å². The molecular formula is C13H13N3O2. The number of benzene rings is 1. The van der Waals surface area contributed by atoms with Crippen molar-refractivity contribution < 1.29 is 9.90 Å². The molecule has 0 spiro atoms. The summed E-state index contributed by atoms with van der Waals surface area (Å²) in [6, 6.07) is 10.3. The highest BCUT2D eigenvalue weighted by Crippen LogP contribution is 2.09. The third kappa shape index (κ3) is 2.76. The van der Waals surface area contributed by atoms with Gasteiger partial charge in [0.1, 0.15) is 0 Å². The molecule has 0 aliphatic carbocycles. The summed E-state index contributed by atoms with van der Waals surface area (Å²) in [5.41, 5.74) is 4.81. The molecule has 0 fully saturated rings. The Hall–Kier alpha value is -2.56. The average Bonchev–Trinajstić information content (AvgIpc) is 2.76. The lowest BCUT2D eigenvalue weighted by Crippen LogP contribution is -1.97. The molecule has 0 amide bonds. The zero-order valence-corrected chi connectivity index (χ0v) is 9.87. The van der Waals surface area contributed by atoms with Crippen molar-refractivity contribution in [2.45, 2.75) is 0 Å². The van der Waals surface area contributed by atoms with Gasteiger partial charge in [-0.15, -0.1) is 0 Å². The number of anilines is 1. The molecule has 5 nitrogen and oxygen atoms in total. The van der Waals surface area contributed by atoms with Gasteiger partial charge in [-0.2, -0.15) is 5.10 Å². The number of hydrogen-bond acceptors (Lipinski definition) is 3. The highest BCUT2D eigenvalue weighted by molar-refractivity contribution is 5.88. The second-order valence-corrected chi connectivity index (χ2v) is 3.80. The topological polar surface area (TPSA) is 66.6 Å². The normalized spacial score (nSPS) is 10.7. The van der Waals surface area contributed by atoms with Crippen molar-refractivity contribution in [1.29, 1.82) is 0 Å². The Bertz CT molecular complexity index is 570. The SMILES string of the molecule is Cn1cccc1C=NNc1ccc(C(=O)O)cc1. The molecule has 1 aromatic carbocycles. The first-order valence-electron chi connectivity index (χ1n) is 5.40. The van der Waals surface area contributed by atoms with E-state index in [1.165, 1.54) is 12.1 Å². The second-order valence-electron chi connectivity index (χ2n) is 3.80. The van der Waals surface area contributed by atoms with Gasteiger partial charge in [0.25, 0.3) is 0 Å². The van der Waals surface area contributed by atoms with Crippen LogP contribution in [0.4, 0.5) is 5.69 Å². The Morgan fingerprint density at radius 2 is 2.06 bits per heavy atom. The molecule has 0 aliphatic heterocycles. The zero-order chi connectivity index (χ0) is 13.0. The Balaban J connectivity index is 2.00. The van der Waals surface area contributed by atoms with Crippen molar-refractivity contribution in [3.63, 3.8) is 0 Å². The van der Waals surface area contributed by atoms with Crippen LogP contribution in [0.3, 0.4) is 0 Å². The number of hydrogen-bond donors (Lipinski definition) is 2. The van der Waals surface area contributed by atoms with Gasteiger partial charge in [0.05, 0.1) is 23.2 Å². The van der Waals surface area contributed by atoms with Gasteiger partial charge >= 0.3 is 5.97 Å². The predicted octanol–water partition coefficient (Wildman–Crippen LogP) is 2.17. The van der Waals surface area contributed by atoms with E-state index in [-0.39, 0.29) is 5.56 Å². The summed E-state index contributed by atoms with van der Waals surface area (Å²) in [6.45, 7) is 0. The first-order valence-corrected chi connectivity index (χ1v) is 5.40. The van der Waals surface area contributed by atoms with Crippen molar-refractivity contribution in [3.05, 3.63) is 53.9 Å². The van der Waals surface area contributed by atoms with Crippen LogP contribution in [0.5, 0.6) is 0 Å². The van der Waals surface area contributed by atoms with E-state index in [0.29, 0.717) is 0 Å². The quantitative estimate of drug-likeness (QED) is 0.638. The largest absolute Gasteiger partial charge is 0.478 e. The number of rotatable bonds is 4. The van der Waals surface area contributed by atoms with E-state index in [1.54, 1.807) is 18.3 Å². The molecule has 2 N–H and O–H groups in total. The Kier molecular flexibility index (Phi) is 3.43. The molecule has 2 aromatic rings. The maximum absolute atomic E-state index is 10.7. The van der Waals surface area contributed by atoms with Gasteiger partial charge in [-0.3, -0.25) is 5.43 Å².